The fourth-order valence-electron chi connectivity index (χ4n) is 10.5. The molecule has 0 bridgehead atoms. The van der Waals surface area contributed by atoms with Crippen molar-refractivity contribution < 1.29 is 0 Å². The molecule has 0 unspecified atom stereocenters. The smallest absolute Gasteiger partial charge is 0.164 e. The lowest BCUT2D eigenvalue weighted by atomic mass is 9.82. The fraction of sp³-hybridized carbons (Fsp3) is 0.0500. The number of fused-ring (bicyclic) bond motifs is 12. The zero-order valence-electron chi connectivity index (χ0n) is 35.4. The van der Waals surface area contributed by atoms with Crippen molar-refractivity contribution in [1.82, 2.24) is 19.5 Å². The third kappa shape index (κ3) is 5.52. The maximum absolute atomic E-state index is 5.26. The van der Waals surface area contributed by atoms with E-state index in [1.165, 1.54) is 70.9 Å². The Morgan fingerprint density at radius 1 is 0.312 bits per heavy atom. The van der Waals surface area contributed by atoms with Crippen LogP contribution < -0.4 is 0 Å². The normalized spacial score (nSPS) is 13.0. The van der Waals surface area contributed by atoms with Gasteiger partial charge in [0.05, 0.1) is 11.0 Å². The van der Waals surface area contributed by atoms with E-state index in [2.05, 4.69) is 188 Å². The highest BCUT2D eigenvalue weighted by Crippen LogP contribution is 2.51. The summed E-state index contributed by atoms with van der Waals surface area (Å²) in [6.45, 7) is 4.72. The van der Waals surface area contributed by atoms with E-state index in [0.29, 0.717) is 17.5 Å². The Balaban J connectivity index is 1.11. The molecule has 2 heterocycles. The van der Waals surface area contributed by atoms with Crippen molar-refractivity contribution in [1.29, 1.82) is 0 Å². The lowest BCUT2D eigenvalue weighted by Crippen LogP contribution is -2.15. The molecule has 64 heavy (non-hydrogen) atoms. The van der Waals surface area contributed by atoms with Crippen LogP contribution in [0.25, 0.3) is 116 Å². The van der Waals surface area contributed by atoms with E-state index in [0.717, 1.165) is 39.0 Å². The second-order valence-electron chi connectivity index (χ2n) is 17.6. The van der Waals surface area contributed by atoms with Gasteiger partial charge in [-0.3, -0.25) is 0 Å². The molecule has 0 atom stereocenters. The second kappa shape index (κ2) is 13.9. The van der Waals surface area contributed by atoms with Crippen LogP contribution in [0.1, 0.15) is 25.0 Å². The molecule has 0 saturated heterocycles. The summed E-state index contributed by atoms with van der Waals surface area (Å²) in [7, 11) is 0. The molecule has 0 radical (unpaired) electrons. The van der Waals surface area contributed by atoms with Crippen LogP contribution in [0.4, 0.5) is 0 Å². The predicted octanol–water partition coefficient (Wildman–Crippen LogP) is 15.4. The number of aromatic nitrogens is 4. The minimum atomic E-state index is -0.154. The highest BCUT2D eigenvalue weighted by Gasteiger charge is 2.36. The third-order valence-electron chi connectivity index (χ3n) is 13.6. The molecule has 2 aromatic heterocycles. The van der Waals surface area contributed by atoms with E-state index in [9.17, 15) is 0 Å². The lowest BCUT2D eigenvalue weighted by molar-refractivity contribution is 0.661. The van der Waals surface area contributed by atoms with Crippen LogP contribution in [0.5, 0.6) is 0 Å². The molecule has 0 aliphatic heterocycles. The van der Waals surface area contributed by atoms with E-state index in [-0.39, 0.29) is 5.41 Å². The summed E-state index contributed by atoms with van der Waals surface area (Å²) in [6.07, 6.45) is 0. The average Bonchev–Trinajstić information content (AvgIpc) is 3.80. The maximum Gasteiger partial charge on any atom is 0.164 e. The van der Waals surface area contributed by atoms with Gasteiger partial charge in [-0.25, -0.2) is 15.0 Å². The Morgan fingerprint density at radius 3 is 1.48 bits per heavy atom. The maximum atomic E-state index is 5.26. The second-order valence-corrected chi connectivity index (χ2v) is 17.6. The zero-order chi connectivity index (χ0) is 42.5. The van der Waals surface area contributed by atoms with Gasteiger partial charge in [0.1, 0.15) is 0 Å². The standard InChI is InChI=1S/C60H40N4/c1-60(2)53-27-15-13-25-48(53)51-35-52-49-26-14-16-28-55(49)64(56(52)36-54(51)60)42-32-40(39-29-30-47-45-23-10-9-21-43(45)44-22-11-12-24-46(44)50(47)34-39)31-41(33-42)59-62-57(37-17-5-3-6-18-37)61-58(63-59)38-19-7-4-8-20-38/h3-36H,1-2H3. The molecule has 0 spiro atoms. The summed E-state index contributed by atoms with van der Waals surface area (Å²) in [5.41, 5.74) is 13.5. The first-order valence-corrected chi connectivity index (χ1v) is 22.0. The van der Waals surface area contributed by atoms with Crippen LogP contribution in [0, 0.1) is 0 Å². The molecule has 1 aliphatic carbocycles. The van der Waals surface area contributed by atoms with E-state index in [4.69, 9.17) is 15.0 Å². The summed E-state index contributed by atoms with van der Waals surface area (Å²) in [5, 5.41) is 9.95. The quantitative estimate of drug-likeness (QED) is 0.163. The first-order chi connectivity index (χ1) is 31.5. The first kappa shape index (κ1) is 36.4. The molecule has 0 fully saturated rings. The van der Waals surface area contributed by atoms with Crippen molar-refractivity contribution in [3.05, 3.63) is 217 Å². The fourth-order valence-corrected chi connectivity index (χ4v) is 10.5. The zero-order valence-corrected chi connectivity index (χ0v) is 35.4. The van der Waals surface area contributed by atoms with Crippen LogP contribution in [-0.4, -0.2) is 19.5 Å². The number of hydrogen-bond acceptors (Lipinski definition) is 3. The predicted molar refractivity (Wildman–Crippen MR) is 266 cm³/mol. The topological polar surface area (TPSA) is 43.6 Å². The average molecular weight is 817 g/mol. The highest BCUT2D eigenvalue weighted by atomic mass is 15.0. The molecule has 0 saturated carbocycles. The summed E-state index contributed by atoms with van der Waals surface area (Å²) < 4.78 is 2.46. The first-order valence-electron chi connectivity index (χ1n) is 22.0. The van der Waals surface area contributed by atoms with Gasteiger partial charge in [-0.15, -0.1) is 0 Å². The van der Waals surface area contributed by atoms with Crippen molar-refractivity contribution in [2.24, 2.45) is 0 Å². The molecule has 4 heteroatoms. The van der Waals surface area contributed by atoms with E-state index >= 15 is 0 Å². The Kier molecular flexibility index (Phi) is 7.92. The van der Waals surface area contributed by atoms with Crippen LogP contribution in [0.3, 0.4) is 0 Å². The van der Waals surface area contributed by atoms with Gasteiger partial charge in [0, 0.05) is 38.6 Å². The van der Waals surface area contributed by atoms with Gasteiger partial charge >= 0.3 is 0 Å². The molecule has 0 amide bonds. The number of benzene rings is 10. The van der Waals surface area contributed by atoms with Crippen molar-refractivity contribution >= 4 is 54.1 Å². The van der Waals surface area contributed by atoms with Gasteiger partial charge in [-0.1, -0.05) is 178 Å². The number of hydrogen-bond donors (Lipinski definition) is 0. The molecule has 300 valence electrons. The van der Waals surface area contributed by atoms with Crippen LogP contribution in [-0.2, 0) is 5.41 Å². The molecule has 1 aliphatic rings. The van der Waals surface area contributed by atoms with E-state index in [1.54, 1.807) is 0 Å². The van der Waals surface area contributed by atoms with Gasteiger partial charge in [0.2, 0.25) is 0 Å². The van der Waals surface area contributed by atoms with Crippen molar-refractivity contribution in [2.75, 3.05) is 0 Å². The van der Waals surface area contributed by atoms with Gasteiger partial charge in [-0.05, 0) is 108 Å². The molecule has 4 nitrogen and oxygen atoms in total. The summed E-state index contributed by atoms with van der Waals surface area (Å²) in [6, 6.07) is 74.5. The van der Waals surface area contributed by atoms with E-state index in [1.807, 2.05) is 36.4 Å². The Morgan fingerprint density at radius 2 is 0.828 bits per heavy atom. The molecule has 0 N–H and O–H groups in total. The molecule has 13 rings (SSSR count). The lowest BCUT2D eigenvalue weighted by Gasteiger charge is -2.22. The third-order valence-corrected chi connectivity index (χ3v) is 13.6. The Labute approximate surface area is 370 Å². The van der Waals surface area contributed by atoms with Gasteiger partial charge in [0.25, 0.3) is 0 Å². The summed E-state index contributed by atoms with van der Waals surface area (Å²) in [4.78, 5) is 15.6. The Bertz CT molecular complexity index is 3770. The number of nitrogens with zero attached hydrogens (tertiary/aromatic N) is 4. The molecular formula is C60H40N4. The van der Waals surface area contributed by atoms with Crippen LogP contribution in [0.15, 0.2) is 206 Å². The molecular weight excluding hydrogens is 777 g/mol. The molecule has 10 aromatic carbocycles. The minimum Gasteiger partial charge on any atom is -0.309 e. The van der Waals surface area contributed by atoms with Gasteiger partial charge in [-0.2, -0.15) is 0 Å². The summed E-state index contributed by atoms with van der Waals surface area (Å²) in [5.74, 6) is 1.88. The van der Waals surface area contributed by atoms with Crippen molar-refractivity contribution in [2.45, 2.75) is 19.3 Å². The number of rotatable bonds is 5. The minimum absolute atomic E-state index is 0.154. The van der Waals surface area contributed by atoms with Crippen molar-refractivity contribution in [3.8, 4) is 62.1 Å². The largest absolute Gasteiger partial charge is 0.309 e. The molecule has 12 aromatic rings. The van der Waals surface area contributed by atoms with Gasteiger partial charge < -0.3 is 4.57 Å². The monoisotopic (exact) mass is 816 g/mol. The van der Waals surface area contributed by atoms with E-state index < -0.39 is 0 Å². The van der Waals surface area contributed by atoms with Gasteiger partial charge in [0.15, 0.2) is 17.5 Å². The van der Waals surface area contributed by atoms with Crippen molar-refractivity contribution in [3.63, 3.8) is 0 Å². The Hall–Kier alpha value is -8.21. The number of para-hydroxylation sites is 1. The summed E-state index contributed by atoms with van der Waals surface area (Å²) >= 11 is 0. The SMILES string of the molecule is CC1(C)c2ccccc2-c2cc3c4ccccc4n(-c4cc(-c5ccc6c7ccccc7c7ccccc7c6c5)cc(-c5nc(-c6ccccc6)nc(-c6ccccc6)n5)c4)c3cc21. The van der Waals surface area contributed by atoms with Crippen LogP contribution in [0.2, 0.25) is 0 Å². The highest BCUT2D eigenvalue weighted by molar-refractivity contribution is 6.25. The van der Waals surface area contributed by atoms with Crippen LogP contribution >= 0.6 is 0 Å².